The van der Waals surface area contributed by atoms with Gasteiger partial charge in [0.25, 0.3) is 0 Å². The van der Waals surface area contributed by atoms with Crippen LogP contribution in [-0.2, 0) is 0 Å². The molecule has 66 valence electrons. The lowest BCUT2D eigenvalue weighted by molar-refractivity contribution is 0.380. The van der Waals surface area contributed by atoms with Crippen molar-refractivity contribution in [2.75, 3.05) is 0 Å². The summed E-state index contributed by atoms with van der Waals surface area (Å²) in [5, 5.41) is 0. The largest absolute Gasteiger partial charge is 0.301 e. The van der Waals surface area contributed by atoms with Gasteiger partial charge in [0.05, 0.1) is 0 Å². The summed E-state index contributed by atoms with van der Waals surface area (Å²) in [6, 6.07) is 0. The lowest BCUT2D eigenvalue weighted by Crippen LogP contribution is -1.59. The summed E-state index contributed by atoms with van der Waals surface area (Å²) in [4.78, 5) is 0. The van der Waals surface area contributed by atoms with Crippen molar-refractivity contribution in [1.82, 2.24) is 0 Å². The molecule has 0 aromatic carbocycles. The van der Waals surface area contributed by atoms with Crippen LogP contribution in [0.4, 0.5) is 22.0 Å². The van der Waals surface area contributed by atoms with Gasteiger partial charge in [-0.15, -0.1) is 0 Å². The highest BCUT2D eigenvalue weighted by atomic mass is 19.3. The SMILES string of the molecule is C/C(F)=C/F.CC(F)=C(F)F. The highest BCUT2D eigenvalue weighted by Gasteiger charge is 1.92. The third-order valence-corrected chi connectivity index (χ3v) is 0.411. The third kappa shape index (κ3) is 17.6. The van der Waals surface area contributed by atoms with Crippen LogP contribution in [0, 0.1) is 0 Å². The number of hydrogen-bond acceptors (Lipinski definition) is 0. The molecular formula is C6H7F5. The van der Waals surface area contributed by atoms with Crippen molar-refractivity contribution in [3.8, 4) is 0 Å². The van der Waals surface area contributed by atoms with E-state index in [-0.39, 0.29) is 6.33 Å². The monoisotopic (exact) mass is 174 g/mol. The van der Waals surface area contributed by atoms with Gasteiger partial charge < -0.3 is 0 Å². The molecule has 0 amide bonds. The van der Waals surface area contributed by atoms with Crippen molar-refractivity contribution in [3.63, 3.8) is 0 Å². The summed E-state index contributed by atoms with van der Waals surface area (Å²) in [6.07, 6.45) is -2.32. The molecule has 0 aliphatic carbocycles. The molecule has 0 rings (SSSR count). The van der Waals surface area contributed by atoms with E-state index >= 15 is 0 Å². The Morgan fingerprint density at radius 1 is 1.00 bits per heavy atom. The van der Waals surface area contributed by atoms with Gasteiger partial charge in [-0.3, -0.25) is 0 Å². The maximum absolute atomic E-state index is 11.0. The molecule has 0 aliphatic rings. The maximum atomic E-state index is 11.0. The lowest BCUT2D eigenvalue weighted by atomic mass is 10.7. The van der Waals surface area contributed by atoms with Crippen molar-refractivity contribution in [3.05, 3.63) is 24.1 Å². The molecule has 0 nitrogen and oxygen atoms in total. The van der Waals surface area contributed by atoms with Crippen molar-refractivity contribution < 1.29 is 22.0 Å². The second-order valence-electron chi connectivity index (χ2n) is 1.49. The standard InChI is InChI=1S/C3H3F3.C3H4F2/c1-2(4)3(5)6;1-3(5)2-4/h1H3;2H,1H3/b;3-2-. The Morgan fingerprint density at radius 3 is 1.18 bits per heavy atom. The van der Waals surface area contributed by atoms with Crippen LogP contribution in [-0.4, -0.2) is 0 Å². The van der Waals surface area contributed by atoms with Gasteiger partial charge in [0, 0.05) is 0 Å². The molecule has 0 saturated carbocycles. The maximum Gasteiger partial charge on any atom is 0.301 e. The summed E-state index contributed by atoms with van der Waals surface area (Å²) >= 11 is 0. The van der Waals surface area contributed by atoms with Crippen LogP contribution in [0.3, 0.4) is 0 Å². The predicted octanol–water partition coefficient (Wildman–Crippen LogP) is 3.87. The molecule has 0 radical (unpaired) electrons. The Kier molecular flexibility index (Phi) is 8.41. The quantitative estimate of drug-likeness (QED) is 0.489. The Labute approximate surface area is 61.0 Å². The van der Waals surface area contributed by atoms with E-state index in [0.717, 1.165) is 6.92 Å². The highest BCUT2D eigenvalue weighted by Crippen LogP contribution is 2.05. The first-order chi connectivity index (χ1) is 4.91. The Balaban J connectivity index is 0. The second-order valence-corrected chi connectivity index (χ2v) is 1.49. The van der Waals surface area contributed by atoms with Crippen molar-refractivity contribution in [2.45, 2.75) is 13.8 Å². The summed E-state index contributed by atoms with van der Waals surface area (Å²) < 4.78 is 53.8. The average Bonchev–Trinajstić information content (AvgIpc) is 1.89. The first kappa shape index (κ1) is 12.8. The van der Waals surface area contributed by atoms with Crippen LogP contribution in [0.15, 0.2) is 24.1 Å². The number of halogens is 5. The van der Waals surface area contributed by atoms with E-state index in [2.05, 4.69) is 0 Å². The molecule has 11 heavy (non-hydrogen) atoms. The van der Waals surface area contributed by atoms with Crippen LogP contribution in [0.2, 0.25) is 0 Å². The zero-order valence-electron chi connectivity index (χ0n) is 5.97. The zero-order chi connectivity index (χ0) is 9.44. The molecule has 5 heteroatoms. The number of hydrogen-bond donors (Lipinski definition) is 0. The molecule has 0 spiro atoms. The molecule has 0 fully saturated rings. The van der Waals surface area contributed by atoms with E-state index in [1.807, 2.05) is 0 Å². The summed E-state index contributed by atoms with van der Waals surface area (Å²) in [7, 11) is 0. The van der Waals surface area contributed by atoms with Crippen molar-refractivity contribution >= 4 is 0 Å². The van der Waals surface area contributed by atoms with Gasteiger partial charge in [-0.1, -0.05) is 0 Å². The van der Waals surface area contributed by atoms with E-state index in [4.69, 9.17) is 0 Å². The van der Waals surface area contributed by atoms with Crippen LogP contribution in [0.1, 0.15) is 13.8 Å². The fourth-order valence-corrected chi connectivity index (χ4v) is 0. The third-order valence-electron chi connectivity index (χ3n) is 0.411. The van der Waals surface area contributed by atoms with Gasteiger partial charge in [-0.25, -0.2) is 13.2 Å². The molecule has 0 N–H and O–H groups in total. The van der Waals surface area contributed by atoms with E-state index in [9.17, 15) is 22.0 Å². The van der Waals surface area contributed by atoms with Crippen LogP contribution >= 0.6 is 0 Å². The minimum atomic E-state index is -2.24. The Hall–Kier alpha value is -0.870. The number of rotatable bonds is 0. The van der Waals surface area contributed by atoms with E-state index in [1.54, 1.807) is 0 Å². The summed E-state index contributed by atoms with van der Waals surface area (Å²) in [5.41, 5.74) is 0. The Bertz CT molecular complexity index is 136. The first-order valence-corrected chi connectivity index (χ1v) is 2.51. The smallest absolute Gasteiger partial charge is 0.213 e. The molecule has 0 atom stereocenters. The van der Waals surface area contributed by atoms with Crippen LogP contribution in [0.5, 0.6) is 0 Å². The molecule has 0 saturated heterocycles. The van der Waals surface area contributed by atoms with Gasteiger partial charge in [0.15, 0.2) is 5.83 Å². The van der Waals surface area contributed by atoms with Crippen LogP contribution in [0.25, 0.3) is 0 Å². The average molecular weight is 174 g/mol. The van der Waals surface area contributed by atoms with E-state index in [0.29, 0.717) is 6.92 Å². The van der Waals surface area contributed by atoms with Gasteiger partial charge in [0.1, 0.15) is 12.2 Å². The first-order valence-electron chi connectivity index (χ1n) is 2.51. The van der Waals surface area contributed by atoms with Crippen molar-refractivity contribution in [1.29, 1.82) is 0 Å². The molecule has 0 heterocycles. The molecule has 0 bridgehead atoms. The topological polar surface area (TPSA) is 0 Å². The minimum absolute atomic E-state index is 0.0833. The lowest BCUT2D eigenvalue weighted by Gasteiger charge is -1.73. The highest BCUT2D eigenvalue weighted by molar-refractivity contribution is 4.84. The minimum Gasteiger partial charge on any atom is -0.213 e. The van der Waals surface area contributed by atoms with Gasteiger partial charge >= 0.3 is 6.08 Å². The zero-order valence-corrected chi connectivity index (χ0v) is 5.97. The van der Waals surface area contributed by atoms with E-state index in [1.165, 1.54) is 0 Å². The summed E-state index contributed by atoms with van der Waals surface area (Å²) in [6.45, 7) is 1.75. The van der Waals surface area contributed by atoms with Gasteiger partial charge in [-0.05, 0) is 13.8 Å². The van der Waals surface area contributed by atoms with Gasteiger partial charge in [0.2, 0.25) is 0 Å². The van der Waals surface area contributed by atoms with Crippen LogP contribution < -0.4 is 0 Å². The molecule has 0 aromatic heterocycles. The molecule has 0 unspecified atom stereocenters. The fourth-order valence-electron chi connectivity index (χ4n) is 0. The van der Waals surface area contributed by atoms with Gasteiger partial charge in [-0.2, -0.15) is 8.78 Å². The predicted molar refractivity (Wildman–Crippen MR) is 32.0 cm³/mol. The number of allylic oxidation sites excluding steroid dienone is 2. The normalized spacial score (nSPS) is 9.91. The second kappa shape index (κ2) is 7.24. The van der Waals surface area contributed by atoms with E-state index < -0.39 is 17.7 Å². The van der Waals surface area contributed by atoms with Crippen molar-refractivity contribution in [2.24, 2.45) is 0 Å². The Morgan fingerprint density at radius 2 is 1.18 bits per heavy atom. The molecular weight excluding hydrogens is 167 g/mol. The molecule has 0 aliphatic heterocycles. The summed E-state index contributed by atoms with van der Waals surface area (Å²) in [5.74, 6) is -2.19. The fraction of sp³-hybridized carbons (Fsp3) is 0.333. The molecule has 0 aromatic rings.